The van der Waals surface area contributed by atoms with Gasteiger partial charge in [0.25, 0.3) is 0 Å². The van der Waals surface area contributed by atoms with E-state index in [2.05, 4.69) is 46.1 Å². The van der Waals surface area contributed by atoms with E-state index in [0.717, 1.165) is 11.8 Å². The summed E-state index contributed by atoms with van der Waals surface area (Å²) in [5, 5.41) is 22.5. The molecule has 1 aromatic carbocycles. The number of halogens is 2. The maximum atomic E-state index is 13.2. The molecule has 0 spiro atoms. The highest BCUT2D eigenvalue weighted by atomic mass is 79.9. The summed E-state index contributed by atoms with van der Waals surface area (Å²) in [4.78, 5) is 11.2. The predicted molar refractivity (Wildman–Crippen MR) is 83.1 cm³/mol. The molecule has 0 atom stereocenters. The van der Waals surface area contributed by atoms with Crippen LogP contribution in [0.4, 0.5) is 10.1 Å². The number of nitrogens with zero attached hydrogens (tertiary/aromatic N) is 3. The SMILES string of the molecule is COC(=O)CSc1nonc1/C(=N/O)Nc1ccc(F)c(Br)c1. The van der Waals surface area contributed by atoms with Crippen molar-refractivity contribution < 1.29 is 23.8 Å². The second kappa shape index (κ2) is 7.92. The van der Waals surface area contributed by atoms with Crippen molar-refractivity contribution in [3.05, 3.63) is 34.2 Å². The first kappa shape index (κ1) is 17.2. The molecule has 2 aromatic rings. The number of thioether (sulfide) groups is 1. The van der Waals surface area contributed by atoms with Gasteiger partial charge in [-0.05, 0) is 44.4 Å². The number of carbonyl (C=O) groups excluding carboxylic acids is 1. The van der Waals surface area contributed by atoms with Gasteiger partial charge >= 0.3 is 5.97 Å². The van der Waals surface area contributed by atoms with Gasteiger partial charge in [-0.3, -0.25) is 4.79 Å². The summed E-state index contributed by atoms with van der Waals surface area (Å²) in [6, 6.07) is 4.13. The quantitative estimate of drug-likeness (QED) is 0.195. The number of anilines is 1. The van der Waals surface area contributed by atoms with Crippen LogP contribution < -0.4 is 5.32 Å². The van der Waals surface area contributed by atoms with Crippen molar-refractivity contribution in [1.29, 1.82) is 0 Å². The number of esters is 1. The average molecular weight is 405 g/mol. The lowest BCUT2D eigenvalue weighted by atomic mass is 10.3. The number of hydrogen-bond acceptors (Lipinski definition) is 8. The molecule has 0 amide bonds. The second-order valence-electron chi connectivity index (χ2n) is 3.99. The Morgan fingerprint density at radius 3 is 3.00 bits per heavy atom. The Morgan fingerprint density at radius 1 is 1.57 bits per heavy atom. The van der Waals surface area contributed by atoms with Gasteiger partial charge in [0.05, 0.1) is 17.3 Å². The number of nitrogens with one attached hydrogen (secondary N) is 1. The molecule has 122 valence electrons. The first-order valence-corrected chi connectivity index (χ1v) is 7.79. The number of aromatic nitrogens is 2. The standard InChI is InChI=1S/C12H10BrFN4O4S/c1-21-9(19)5-23-12-10(17-22-18-12)11(16-20)15-6-2-3-8(14)7(13)4-6/h2-4,20H,5H2,1H3,(H,15,16). The Kier molecular flexibility index (Phi) is 5.93. The average Bonchev–Trinajstić information content (AvgIpc) is 3.01. The van der Waals surface area contributed by atoms with Gasteiger partial charge in [0.2, 0.25) is 5.84 Å². The van der Waals surface area contributed by atoms with Crippen LogP contribution in [0.3, 0.4) is 0 Å². The van der Waals surface area contributed by atoms with Crippen LogP contribution in [0.1, 0.15) is 5.69 Å². The van der Waals surface area contributed by atoms with Gasteiger partial charge in [0.15, 0.2) is 10.7 Å². The molecule has 0 saturated carbocycles. The van der Waals surface area contributed by atoms with Crippen molar-refractivity contribution in [3.63, 3.8) is 0 Å². The molecule has 2 N–H and O–H groups in total. The van der Waals surface area contributed by atoms with Gasteiger partial charge in [0.1, 0.15) is 5.82 Å². The molecule has 11 heteroatoms. The number of rotatable bonds is 5. The van der Waals surface area contributed by atoms with Crippen LogP contribution in [0, 0.1) is 5.82 Å². The van der Waals surface area contributed by atoms with Crippen molar-refractivity contribution in [2.75, 3.05) is 18.2 Å². The van der Waals surface area contributed by atoms with E-state index >= 15 is 0 Å². The van der Waals surface area contributed by atoms with E-state index in [1.165, 1.54) is 25.3 Å². The second-order valence-corrected chi connectivity index (χ2v) is 5.80. The molecule has 0 unspecified atom stereocenters. The maximum absolute atomic E-state index is 13.2. The lowest BCUT2D eigenvalue weighted by Gasteiger charge is -2.07. The monoisotopic (exact) mass is 404 g/mol. The maximum Gasteiger partial charge on any atom is 0.316 e. The summed E-state index contributed by atoms with van der Waals surface area (Å²) in [6.07, 6.45) is 0. The normalized spacial score (nSPS) is 11.3. The lowest BCUT2D eigenvalue weighted by molar-refractivity contribution is -0.137. The number of hydrogen-bond donors (Lipinski definition) is 2. The highest BCUT2D eigenvalue weighted by molar-refractivity contribution is 9.10. The van der Waals surface area contributed by atoms with Crippen molar-refractivity contribution in [2.45, 2.75) is 5.03 Å². The van der Waals surface area contributed by atoms with E-state index in [0.29, 0.717) is 5.69 Å². The molecule has 1 aromatic heterocycles. The Hall–Kier alpha value is -2.14. The van der Waals surface area contributed by atoms with Crippen molar-refractivity contribution in [3.8, 4) is 0 Å². The fraction of sp³-hybridized carbons (Fsp3) is 0.167. The zero-order valence-electron chi connectivity index (χ0n) is 11.6. The Bertz CT molecular complexity index is 740. The van der Waals surface area contributed by atoms with Crippen LogP contribution in [0.15, 0.2) is 37.5 Å². The van der Waals surface area contributed by atoms with Gasteiger partial charge in [-0.2, -0.15) is 0 Å². The van der Waals surface area contributed by atoms with E-state index in [1.807, 2.05) is 0 Å². The molecule has 2 rings (SSSR count). The van der Waals surface area contributed by atoms with Crippen LogP contribution >= 0.6 is 27.7 Å². The third-order valence-corrected chi connectivity index (χ3v) is 4.05. The summed E-state index contributed by atoms with van der Waals surface area (Å²) in [5.41, 5.74) is 0.542. The number of ether oxygens (including phenoxy) is 1. The molecule has 0 aliphatic carbocycles. The first-order valence-electron chi connectivity index (χ1n) is 6.01. The molecule has 8 nitrogen and oxygen atoms in total. The fourth-order valence-electron chi connectivity index (χ4n) is 1.45. The molecular formula is C12H10BrFN4O4S. The van der Waals surface area contributed by atoms with E-state index in [4.69, 9.17) is 5.21 Å². The van der Waals surface area contributed by atoms with Crippen LogP contribution in [-0.4, -0.2) is 40.2 Å². The first-order chi connectivity index (χ1) is 11.0. The number of amidine groups is 1. The number of benzene rings is 1. The third kappa shape index (κ3) is 4.42. The number of methoxy groups -OCH3 is 1. The molecule has 0 aliphatic rings. The molecule has 1 heterocycles. The van der Waals surface area contributed by atoms with E-state index in [9.17, 15) is 9.18 Å². The fourth-order valence-corrected chi connectivity index (χ4v) is 2.56. The van der Waals surface area contributed by atoms with Crippen molar-refractivity contribution in [2.24, 2.45) is 5.16 Å². The predicted octanol–water partition coefficient (Wildman–Crippen LogP) is 2.48. The molecule has 0 aliphatic heterocycles. The number of oxime groups is 1. The van der Waals surface area contributed by atoms with Crippen LogP contribution in [-0.2, 0) is 9.53 Å². The zero-order chi connectivity index (χ0) is 16.8. The number of carbonyl (C=O) groups is 1. The molecule has 0 fully saturated rings. The minimum absolute atomic E-state index is 0.0154. The van der Waals surface area contributed by atoms with Crippen LogP contribution in [0.2, 0.25) is 0 Å². The third-order valence-electron chi connectivity index (χ3n) is 2.52. The van der Waals surface area contributed by atoms with Gasteiger partial charge in [-0.15, -0.1) is 0 Å². The van der Waals surface area contributed by atoms with Crippen LogP contribution in [0.25, 0.3) is 0 Å². The van der Waals surface area contributed by atoms with Crippen molar-refractivity contribution >= 4 is 45.2 Å². The Labute approximate surface area is 142 Å². The molecule has 0 radical (unpaired) electrons. The highest BCUT2D eigenvalue weighted by Crippen LogP contribution is 2.23. The summed E-state index contributed by atoms with van der Waals surface area (Å²) in [6.45, 7) is 0. The Balaban J connectivity index is 2.17. The van der Waals surface area contributed by atoms with Gasteiger partial charge < -0.3 is 15.3 Å². The topological polar surface area (TPSA) is 110 Å². The smallest absolute Gasteiger partial charge is 0.316 e. The summed E-state index contributed by atoms with van der Waals surface area (Å²) < 4.78 is 22.6. The molecule has 0 saturated heterocycles. The van der Waals surface area contributed by atoms with E-state index in [1.54, 1.807) is 0 Å². The lowest BCUT2D eigenvalue weighted by Crippen LogP contribution is -2.15. The van der Waals surface area contributed by atoms with E-state index in [-0.39, 0.29) is 26.8 Å². The molecule has 23 heavy (non-hydrogen) atoms. The molecular weight excluding hydrogens is 395 g/mol. The molecule has 0 bridgehead atoms. The van der Waals surface area contributed by atoms with Crippen LogP contribution in [0.5, 0.6) is 0 Å². The van der Waals surface area contributed by atoms with Gasteiger partial charge in [-0.25, -0.2) is 9.02 Å². The summed E-state index contributed by atoms with van der Waals surface area (Å²) in [5.74, 6) is -0.979. The van der Waals surface area contributed by atoms with Gasteiger partial charge in [-0.1, -0.05) is 16.9 Å². The summed E-state index contributed by atoms with van der Waals surface area (Å²) >= 11 is 4.05. The summed E-state index contributed by atoms with van der Waals surface area (Å²) in [7, 11) is 1.26. The van der Waals surface area contributed by atoms with Crippen molar-refractivity contribution in [1.82, 2.24) is 10.3 Å². The minimum atomic E-state index is -0.457. The minimum Gasteiger partial charge on any atom is -0.468 e. The van der Waals surface area contributed by atoms with Gasteiger partial charge in [0, 0.05) is 5.69 Å². The van der Waals surface area contributed by atoms with E-state index < -0.39 is 11.8 Å². The largest absolute Gasteiger partial charge is 0.468 e. The Morgan fingerprint density at radius 2 is 2.35 bits per heavy atom. The highest BCUT2D eigenvalue weighted by Gasteiger charge is 2.19. The zero-order valence-corrected chi connectivity index (χ0v) is 14.0.